The van der Waals surface area contributed by atoms with Crippen LogP contribution in [0.15, 0.2) is 0 Å². The second-order valence-corrected chi connectivity index (χ2v) is 5.36. The van der Waals surface area contributed by atoms with Gasteiger partial charge < -0.3 is 9.47 Å². The molecule has 0 aromatic rings. The van der Waals surface area contributed by atoms with Crippen LogP contribution in [-0.2, 0) is 14.3 Å². The Labute approximate surface area is 97.9 Å². The lowest BCUT2D eigenvalue weighted by molar-refractivity contribution is -0.158. The molecule has 1 aliphatic heterocycles. The second-order valence-electron chi connectivity index (χ2n) is 5.36. The van der Waals surface area contributed by atoms with Crippen LogP contribution in [0.3, 0.4) is 0 Å². The minimum absolute atomic E-state index is 0.138. The maximum Gasteiger partial charge on any atom is 0.312 e. The van der Waals surface area contributed by atoms with Crippen molar-refractivity contribution >= 4 is 5.97 Å². The molecule has 0 radical (unpaired) electrons. The molecule has 16 heavy (non-hydrogen) atoms. The lowest BCUT2D eigenvalue weighted by Gasteiger charge is -2.31. The van der Waals surface area contributed by atoms with E-state index in [4.69, 9.17) is 9.47 Å². The van der Waals surface area contributed by atoms with Crippen molar-refractivity contribution in [2.24, 2.45) is 5.41 Å². The van der Waals surface area contributed by atoms with E-state index in [1.807, 2.05) is 20.8 Å². The molecule has 0 unspecified atom stereocenters. The zero-order chi connectivity index (χ0) is 12.2. The second kappa shape index (κ2) is 5.64. The highest BCUT2D eigenvalue weighted by molar-refractivity contribution is 5.75. The Morgan fingerprint density at radius 1 is 1.31 bits per heavy atom. The van der Waals surface area contributed by atoms with Crippen LogP contribution in [0.5, 0.6) is 0 Å². The molecule has 0 N–H and O–H groups in total. The first kappa shape index (κ1) is 13.5. The van der Waals surface area contributed by atoms with Crippen molar-refractivity contribution in [3.63, 3.8) is 0 Å². The van der Waals surface area contributed by atoms with Crippen LogP contribution in [0, 0.1) is 5.41 Å². The Balaban J connectivity index is 2.22. The molecule has 0 amide bonds. The standard InChI is InChI=1S/C12H23NO3/c1-12(2,3)11(14)16-9-13-7-5-10(15-4)6-8-13/h10H,5-9H2,1-4H3. The number of carbonyl (C=O) groups is 1. The smallest absolute Gasteiger partial charge is 0.312 e. The van der Waals surface area contributed by atoms with Gasteiger partial charge in [-0.1, -0.05) is 0 Å². The van der Waals surface area contributed by atoms with Crippen LogP contribution in [0.2, 0.25) is 0 Å². The Morgan fingerprint density at radius 3 is 2.31 bits per heavy atom. The fourth-order valence-electron chi connectivity index (χ4n) is 1.64. The molecule has 0 aliphatic carbocycles. The number of nitrogens with zero attached hydrogens (tertiary/aromatic N) is 1. The molecular weight excluding hydrogens is 206 g/mol. The quantitative estimate of drug-likeness (QED) is 0.690. The Kier molecular flexibility index (Phi) is 4.74. The van der Waals surface area contributed by atoms with Gasteiger partial charge in [-0.25, -0.2) is 0 Å². The van der Waals surface area contributed by atoms with Gasteiger partial charge >= 0.3 is 5.97 Å². The third-order valence-electron chi connectivity index (χ3n) is 2.86. The van der Waals surface area contributed by atoms with E-state index in [2.05, 4.69) is 4.90 Å². The molecule has 1 rings (SSSR count). The van der Waals surface area contributed by atoms with Crippen LogP contribution in [0.4, 0.5) is 0 Å². The van der Waals surface area contributed by atoms with Gasteiger partial charge in [0.2, 0.25) is 0 Å². The Morgan fingerprint density at radius 2 is 1.88 bits per heavy atom. The highest BCUT2D eigenvalue weighted by Crippen LogP contribution is 2.17. The summed E-state index contributed by atoms with van der Waals surface area (Å²) in [5, 5.41) is 0. The molecular formula is C12H23NO3. The molecule has 1 aliphatic rings. The topological polar surface area (TPSA) is 38.8 Å². The largest absolute Gasteiger partial charge is 0.449 e. The van der Waals surface area contributed by atoms with Gasteiger partial charge in [-0.3, -0.25) is 9.69 Å². The average molecular weight is 229 g/mol. The van der Waals surface area contributed by atoms with Gasteiger partial charge in [0, 0.05) is 20.2 Å². The summed E-state index contributed by atoms with van der Waals surface area (Å²) in [6.45, 7) is 7.89. The van der Waals surface area contributed by atoms with Crippen molar-refractivity contribution in [3.8, 4) is 0 Å². The van der Waals surface area contributed by atoms with Crippen LogP contribution in [0.1, 0.15) is 33.6 Å². The number of hydrogen-bond donors (Lipinski definition) is 0. The number of esters is 1. The van der Waals surface area contributed by atoms with E-state index in [0.29, 0.717) is 12.8 Å². The van der Waals surface area contributed by atoms with Crippen molar-refractivity contribution in [2.45, 2.75) is 39.7 Å². The number of ether oxygens (including phenoxy) is 2. The van der Waals surface area contributed by atoms with Gasteiger partial charge in [-0.15, -0.1) is 0 Å². The van der Waals surface area contributed by atoms with Gasteiger partial charge in [-0.05, 0) is 33.6 Å². The van der Waals surface area contributed by atoms with Crippen molar-refractivity contribution in [1.82, 2.24) is 4.90 Å². The van der Waals surface area contributed by atoms with E-state index in [1.165, 1.54) is 0 Å². The molecule has 0 aromatic carbocycles. The van der Waals surface area contributed by atoms with Gasteiger partial charge in [0.15, 0.2) is 0 Å². The van der Waals surface area contributed by atoms with E-state index in [9.17, 15) is 4.79 Å². The zero-order valence-electron chi connectivity index (χ0n) is 10.8. The summed E-state index contributed by atoms with van der Waals surface area (Å²) in [6.07, 6.45) is 2.40. The van der Waals surface area contributed by atoms with Gasteiger partial charge in [0.1, 0.15) is 6.73 Å². The van der Waals surface area contributed by atoms with Crippen molar-refractivity contribution in [1.29, 1.82) is 0 Å². The number of rotatable bonds is 3. The number of likely N-dealkylation sites (tertiary alicyclic amines) is 1. The van der Waals surface area contributed by atoms with E-state index < -0.39 is 5.41 Å². The van der Waals surface area contributed by atoms with Crippen LogP contribution < -0.4 is 0 Å². The molecule has 0 spiro atoms. The number of hydrogen-bond acceptors (Lipinski definition) is 4. The summed E-state index contributed by atoms with van der Waals surface area (Å²) < 4.78 is 10.5. The van der Waals surface area contributed by atoms with Gasteiger partial charge in [0.25, 0.3) is 0 Å². The first-order chi connectivity index (χ1) is 7.43. The Bertz CT molecular complexity index is 227. The first-order valence-corrected chi connectivity index (χ1v) is 5.86. The molecule has 1 fully saturated rings. The lowest BCUT2D eigenvalue weighted by atomic mass is 9.97. The summed E-state index contributed by atoms with van der Waals surface area (Å²) >= 11 is 0. The SMILES string of the molecule is COC1CCN(COC(=O)C(C)(C)C)CC1. The van der Waals surface area contributed by atoms with Crippen molar-refractivity contribution in [2.75, 3.05) is 26.9 Å². The van der Waals surface area contributed by atoms with E-state index in [0.717, 1.165) is 25.9 Å². The summed E-state index contributed by atoms with van der Waals surface area (Å²) in [5.41, 5.74) is -0.412. The summed E-state index contributed by atoms with van der Waals surface area (Å²) in [5.74, 6) is -0.138. The monoisotopic (exact) mass is 229 g/mol. The molecule has 4 heteroatoms. The molecule has 1 heterocycles. The molecule has 0 saturated carbocycles. The summed E-state index contributed by atoms with van der Waals surface area (Å²) in [6, 6.07) is 0. The minimum atomic E-state index is -0.412. The maximum absolute atomic E-state index is 11.6. The van der Waals surface area contributed by atoms with Gasteiger partial charge in [-0.2, -0.15) is 0 Å². The zero-order valence-corrected chi connectivity index (χ0v) is 10.8. The maximum atomic E-state index is 11.6. The number of methoxy groups -OCH3 is 1. The Hall–Kier alpha value is -0.610. The predicted molar refractivity (Wildman–Crippen MR) is 62.0 cm³/mol. The van der Waals surface area contributed by atoms with Gasteiger partial charge in [0.05, 0.1) is 11.5 Å². The summed E-state index contributed by atoms with van der Waals surface area (Å²) in [4.78, 5) is 13.7. The van der Waals surface area contributed by atoms with E-state index >= 15 is 0 Å². The lowest BCUT2D eigenvalue weighted by Crippen LogP contribution is -2.39. The number of piperidine rings is 1. The van der Waals surface area contributed by atoms with Crippen molar-refractivity contribution in [3.05, 3.63) is 0 Å². The summed E-state index contributed by atoms with van der Waals surface area (Å²) in [7, 11) is 1.75. The van der Waals surface area contributed by atoms with Crippen LogP contribution in [-0.4, -0.2) is 43.9 Å². The molecule has 94 valence electrons. The molecule has 0 atom stereocenters. The molecule has 0 bridgehead atoms. The minimum Gasteiger partial charge on any atom is -0.449 e. The average Bonchev–Trinajstić information content (AvgIpc) is 2.25. The van der Waals surface area contributed by atoms with Crippen molar-refractivity contribution < 1.29 is 14.3 Å². The van der Waals surface area contributed by atoms with E-state index in [-0.39, 0.29) is 5.97 Å². The fourth-order valence-corrected chi connectivity index (χ4v) is 1.64. The first-order valence-electron chi connectivity index (χ1n) is 5.86. The molecule has 1 saturated heterocycles. The highest BCUT2D eigenvalue weighted by Gasteiger charge is 2.25. The predicted octanol–water partition coefficient (Wildman–Crippen LogP) is 1.64. The van der Waals surface area contributed by atoms with E-state index in [1.54, 1.807) is 7.11 Å². The highest BCUT2D eigenvalue weighted by atomic mass is 16.5. The van der Waals surface area contributed by atoms with Crippen LogP contribution >= 0.6 is 0 Å². The third-order valence-corrected chi connectivity index (χ3v) is 2.86. The number of carbonyl (C=O) groups excluding carboxylic acids is 1. The third kappa shape index (κ3) is 4.10. The molecule has 0 aromatic heterocycles. The van der Waals surface area contributed by atoms with Crippen LogP contribution in [0.25, 0.3) is 0 Å². The fraction of sp³-hybridized carbons (Fsp3) is 0.917. The molecule has 4 nitrogen and oxygen atoms in total. The normalized spacial score (nSPS) is 19.8.